The normalized spacial score (nSPS) is 16.5. The quantitative estimate of drug-likeness (QED) is 0.729. The van der Waals surface area contributed by atoms with Crippen LogP contribution in [0.4, 0.5) is 0 Å². The van der Waals surface area contributed by atoms with Gasteiger partial charge < -0.3 is 10.1 Å². The van der Waals surface area contributed by atoms with Crippen LogP contribution in [0.3, 0.4) is 0 Å². The standard InChI is InChI=1S/C19H25N3O2S.ClH/c1-14-18(25-13-21-14)12-22(11-16-6-7-20-9-16)10-15-4-3-5-17(8-15)19(23)24-2;/h3-5,8,13,16,20H,6-7,9-12H2,1-2H3;1H. The summed E-state index contributed by atoms with van der Waals surface area (Å²) >= 11 is 1.72. The van der Waals surface area contributed by atoms with Gasteiger partial charge in [0.15, 0.2) is 0 Å². The molecule has 1 saturated heterocycles. The molecule has 1 fully saturated rings. The lowest BCUT2D eigenvalue weighted by Crippen LogP contribution is -2.30. The molecule has 1 aliphatic heterocycles. The van der Waals surface area contributed by atoms with Crippen molar-refractivity contribution >= 4 is 29.7 Å². The summed E-state index contributed by atoms with van der Waals surface area (Å²) in [6.07, 6.45) is 1.22. The molecule has 26 heavy (non-hydrogen) atoms. The van der Waals surface area contributed by atoms with E-state index in [2.05, 4.69) is 28.2 Å². The van der Waals surface area contributed by atoms with E-state index in [0.717, 1.165) is 44.0 Å². The number of aryl methyl sites for hydroxylation is 1. The van der Waals surface area contributed by atoms with E-state index in [1.807, 2.05) is 17.6 Å². The molecule has 2 aromatic rings. The molecule has 7 heteroatoms. The number of carbonyl (C=O) groups excluding carboxylic acids is 1. The van der Waals surface area contributed by atoms with Crippen LogP contribution in [0.2, 0.25) is 0 Å². The molecule has 0 aliphatic carbocycles. The van der Waals surface area contributed by atoms with Crippen molar-refractivity contribution in [3.05, 3.63) is 51.5 Å². The number of hydrogen-bond acceptors (Lipinski definition) is 6. The highest BCUT2D eigenvalue weighted by atomic mass is 35.5. The second-order valence-electron chi connectivity index (χ2n) is 6.58. The van der Waals surface area contributed by atoms with Crippen molar-refractivity contribution < 1.29 is 9.53 Å². The Morgan fingerprint density at radius 1 is 1.42 bits per heavy atom. The van der Waals surface area contributed by atoms with Gasteiger partial charge in [-0.1, -0.05) is 12.1 Å². The average molecular weight is 396 g/mol. The molecular weight excluding hydrogens is 370 g/mol. The molecule has 0 saturated carbocycles. The number of thiazole rings is 1. The van der Waals surface area contributed by atoms with Crippen molar-refractivity contribution in [2.75, 3.05) is 26.7 Å². The highest BCUT2D eigenvalue weighted by molar-refractivity contribution is 7.09. The molecule has 1 aromatic carbocycles. The van der Waals surface area contributed by atoms with Gasteiger partial charge >= 0.3 is 5.97 Å². The summed E-state index contributed by atoms with van der Waals surface area (Å²) in [5, 5.41) is 3.45. The van der Waals surface area contributed by atoms with Crippen LogP contribution in [-0.4, -0.2) is 42.6 Å². The largest absolute Gasteiger partial charge is 0.465 e. The smallest absolute Gasteiger partial charge is 0.337 e. The minimum atomic E-state index is -0.285. The van der Waals surface area contributed by atoms with E-state index in [-0.39, 0.29) is 18.4 Å². The van der Waals surface area contributed by atoms with Gasteiger partial charge in [-0.2, -0.15) is 0 Å². The summed E-state index contributed by atoms with van der Waals surface area (Å²) < 4.78 is 4.84. The molecule has 0 amide bonds. The lowest BCUT2D eigenvalue weighted by Gasteiger charge is -2.25. The van der Waals surface area contributed by atoms with Crippen molar-refractivity contribution in [2.24, 2.45) is 5.92 Å². The number of aromatic nitrogens is 1. The number of ether oxygens (including phenoxy) is 1. The Hall–Kier alpha value is -1.47. The number of carbonyl (C=O) groups is 1. The lowest BCUT2D eigenvalue weighted by molar-refractivity contribution is 0.0600. The van der Waals surface area contributed by atoms with E-state index < -0.39 is 0 Å². The molecule has 0 spiro atoms. The summed E-state index contributed by atoms with van der Waals surface area (Å²) in [7, 11) is 1.42. The van der Waals surface area contributed by atoms with Crippen LogP contribution in [0.5, 0.6) is 0 Å². The Kier molecular flexibility index (Phi) is 8.03. The molecule has 142 valence electrons. The molecule has 5 nitrogen and oxygen atoms in total. The lowest BCUT2D eigenvalue weighted by atomic mass is 10.1. The van der Waals surface area contributed by atoms with Gasteiger partial charge in [0, 0.05) is 24.5 Å². The second-order valence-corrected chi connectivity index (χ2v) is 7.52. The molecule has 1 aromatic heterocycles. The van der Waals surface area contributed by atoms with E-state index in [1.165, 1.54) is 18.4 Å². The van der Waals surface area contributed by atoms with Crippen LogP contribution < -0.4 is 5.32 Å². The molecule has 1 atom stereocenters. The van der Waals surface area contributed by atoms with Crippen molar-refractivity contribution in [3.8, 4) is 0 Å². The van der Waals surface area contributed by atoms with E-state index in [0.29, 0.717) is 11.5 Å². The number of methoxy groups -OCH3 is 1. The molecular formula is C19H26ClN3O2S. The minimum absolute atomic E-state index is 0. The third-order valence-electron chi connectivity index (χ3n) is 4.65. The van der Waals surface area contributed by atoms with Crippen LogP contribution in [0.25, 0.3) is 0 Å². The van der Waals surface area contributed by atoms with Gasteiger partial charge in [0.1, 0.15) is 0 Å². The predicted molar refractivity (Wildman–Crippen MR) is 107 cm³/mol. The number of halogens is 1. The summed E-state index contributed by atoms with van der Waals surface area (Å²) in [6.45, 7) is 7.02. The third kappa shape index (κ3) is 5.51. The molecule has 0 bridgehead atoms. The summed E-state index contributed by atoms with van der Waals surface area (Å²) in [6, 6.07) is 7.74. The van der Waals surface area contributed by atoms with Gasteiger partial charge in [0.2, 0.25) is 0 Å². The first-order chi connectivity index (χ1) is 12.2. The third-order valence-corrected chi connectivity index (χ3v) is 5.56. The zero-order valence-corrected chi connectivity index (χ0v) is 16.9. The predicted octanol–water partition coefficient (Wildman–Crippen LogP) is 3.27. The van der Waals surface area contributed by atoms with E-state index in [1.54, 1.807) is 17.4 Å². The van der Waals surface area contributed by atoms with Crippen molar-refractivity contribution in [2.45, 2.75) is 26.4 Å². The number of benzene rings is 1. The maximum Gasteiger partial charge on any atom is 0.337 e. The Morgan fingerprint density at radius 2 is 2.27 bits per heavy atom. The van der Waals surface area contributed by atoms with Crippen LogP contribution in [-0.2, 0) is 17.8 Å². The van der Waals surface area contributed by atoms with Crippen LogP contribution >= 0.6 is 23.7 Å². The Labute approximate surface area is 165 Å². The van der Waals surface area contributed by atoms with Crippen molar-refractivity contribution in [1.82, 2.24) is 15.2 Å². The Bertz CT molecular complexity index is 716. The number of rotatable bonds is 7. The van der Waals surface area contributed by atoms with Gasteiger partial charge in [-0.05, 0) is 50.0 Å². The first-order valence-electron chi connectivity index (χ1n) is 8.65. The Morgan fingerprint density at radius 3 is 2.92 bits per heavy atom. The second kappa shape index (κ2) is 10.0. The zero-order valence-electron chi connectivity index (χ0n) is 15.2. The first-order valence-corrected chi connectivity index (χ1v) is 9.53. The van der Waals surface area contributed by atoms with E-state index in [4.69, 9.17) is 4.74 Å². The fourth-order valence-corrected chi connectivity index (χ4v) is 4.09. The number of nitrogens with one attached hydrogen (secondary N) is 1. The monoisotopic (exact) mass is 395 g/mol. The van der Waals surface area contributed by atoms with Crippen molar-refractivity contribution in [1.29, 1.82) is 0 Å². The summed E-state index contributed by atoms with van der Waals surface area (Å²) in [5.74, 6) is 0.392. The van der Waals surface area contributed by atoms with E-state index >= 15 is 0 Å². The number of nitrogens with zero attached hydrogens (tertiary/aromatic N) is 2. The van der Waals surface area contributed by atoms with Crippen LogP contribution in [0.1, 0.15) is 32.9 Å². The minimum Gasteiger partial charge on any atom is -0.465 e. The molecule has 0 radical (unpaired) electrons. The number of esters is 1. The van der Waals surface area contributed by atoms with Crippen LogP contribution in [0, 0.1) is 12.8 Å². The fourth-order valence-electron chi connectivity index (χ4n) is 3.27. The highest BCUT2D eigenvalue weighted by Crippen LogP contribution is 2.20. The fraction of sp³-hybridized carbons (Fsp3) is 0.474. The first kappa shape index (κ1) is 20.8. The van der Waals surface area contributed by atoms with Gasteiger partial charge in [0.25, 0.3) is 0 Å². The maximum atomic E-state index is 11.8. The molecule has 2 heterocycles. The van der Waals surface area contributed by atoms with E-state index in [9.17, 15) is 4.79 Å². The van der Waals surface area contributed by atoms with Crippen LogP contribution in [0.15, 0.2) is 29.8 Å². The maximum absolute atomic E-state index is 11.8. The number of hydrogen-bond donors (Lipinski definition) is 1. The SMILES string of the molecule is COC(=O)c1cccc(CN(Cc2scnc2C)CC2CCNC2)c1.Cl. The van der Waals surface area contributed by atoms with Crippen molar-refractivity contribution in [3.63, 3.8) is 0 Å². The van der Waals surface area contributed by atoms with Gasteiger partial charge in [-0.25, -0.2) is 9.78 Å². The summed E-state index contributed by atoms with van der Waals surface area (Å²) in [4.78, 5) is 19.9. The molecule has 1 unspecified atom stereocenters. The average Bonchev–Trinajstić information content (AvgIpc) is 3.27. The molecule has 1 aliphatic rings. The van der Waals surface area contributed by atoms with Gasteiger partial charge in [-0.3, -0.25) is 4.90 Å². The molecule has 1 N–H and O–H groups in total. The topological polar surface area (TPSA) is 54.5 Å². The summed E-state index contributed by atoms with van der Waals surface area (Å²) in [5.41, 5.74) is 4.77. The Balaban J connectivity index is 0.00000243. The highest BCUT2D eigenvalue weighted by Gasteiger charge is 2.20. The zero-order chi connectivity index (χ0) is 17.6. The van der Waals surface area contributed by atoms with Gasteiger partial charge in [0.05, 0.1) is 23.9 Å². The van der Waals surface area contributed by atoms with Gasteiger partial charge in [-0.15, -0.1) is 23.7 Å². The molecule has 3 rings (SSSR count).